The molecule has 3 N–H and O–H groups in total. The Morgan fingerprint density at radius 3 is 2.49 bits per heavy atom. The van der Waals surface area contributed by atoms with E-state index in [1.54, 1.807) is 6.07 Å². The lowest BCUT2D eigenvalue weighted by atomic mass is 9.56. The third-order valence-corrected chi connectivity index (χ3v) is 11.6. The standard InChI is InChI=1S/C36H49NO6/c1-19-14-26(16-27(38)15-19)35-21(3)12-13-36(43-35)22(4)7-11-28(42-36)17-25-10-9-24-8-6-20(2)23(5)31(24)32(25)34(41)33-29(39)18-30(40)37-33/h9-10,14-16,20-25,28,31-32,35,38-39H,6-8,11-13,17-18H2,1-5H3,(H,37,40)/t20-,21-,22-,23+,24+,25+,28-,31+,32+,35-,36+/m1/s1. The lowest BCUT2D eigenvalue weighted by Crippen LogP contribution is -2.53. The summed E-state index contributed by atoms with van der Waals surface area (Å²) in [6.45, 7) is 11.0. The van der Waals surface area contributed by atoms with Gasteiger partial charge in [0.05, 0.1) is 18.6 Å². The minimum absolute atomic E-state index is 0.0539. The highest BCUT2D eigenvalue weighted by molar-refractivity contribution is 6.04. The molecule has 1 aromatic carbocycles. The van der Waals surface area contributed by atoms with E-state index in [9.17, 15) is 19.8 Å². The predicted octanol–water partition coefficient (Wildman–Crippen LogP) is 7.05. The Morgan fingerprint density at radius 1 is 0.977 bits per heavy atom. The molecule has 3 aliphatic heterocycles. The van der Waals surface area contributed by atoms with Crippen molar-refractivity contribution in [3.8, 4) is 5.75 Å². The van der Waals surface area contributed by atoms with Crippen molar-refractivity contribution in [3.05, 3.63) is 52.9 Å². The first-order valence-corrected chi connectivity index (χ1v) is 16.6. The number of amides is 1. The molecule has 1 saturated carbocycles. The molecule has 2 saturated heterocycles. The summed E-state index contributed by atoms with van der Waals surface area (Å²) in [7, 11) is 0. The van der Waals surface area contributed by atoms with E-state index < -0.39 is 5.79 Å². The number of aryl methyl sites for hydroxylation is 1. The van der Waals surface area contributed by atoms with Crippen LogP contribution in [0.15, 0.2) is 41.8 Å². The Kier molecular flexibility index (Phi) is 8.27. The number of fused-ring (bicyclic) bond motifs is 1. The lowest BCUT2D eigenvalue weighted by Gasteiger charge is -2.52. The van der Waals surface area contributed by atoms with Crippen molar-refractivity contribution < 1.29 is 29.3 Å². The summed E-state index contributed by atoms with van der Waals surface area (Å²) in [5.41, 5.74) is 2.09. The number of ether oxygens (including phenoxy) is 2. The van der Waals surface area contributed by atoms with E-state index in [1.807, 2.05) is 13.0 Å². The van der Waals surface area contributed by atoms with E-state index in [0.717, 1.165) is 49.7 Å². The van der Waals surface area contributed by atoms with Gasteiger partial charge < -0.3 is 25.0 Å². The fraction of sp³-hybridized carbons (Fsp3) is 0.667. The Balaban J connectivity index is 1.27. The van der Waals surface area contributed by atoms with Gasteiger partial charge in [-0.15, -0.1) is 0 Å². The summed E-state index contributed by atoms with van der Waals surface area (Å²) in [5, 5.41) is 23.6. The second kappa shape index (κ2) is 11.7. The second-order valence-electron chi connectivity index (χ2n) is 14.6. The fourth-order valence-corrected chi connectivity index (χ4v) is 9.00. The average Bonchev–Trinajstić information content (AvgIpc) is 3.30. The summed E-state index contributed by atoms with van der Waals surface area (Å²) < 4.78 is 14.0. The molecule has 6 rings (SSSR count). The van der Waals surface area contributed by atoms with Gasteiger partial charge in [0.2, 0.25) is 5.91 Å². The van der Waals surface area contributed by atoms with Crippen LogP contribution in [0.2, 0.25) is 0 Å². The van der Waals surface area contributed by atoms with Crippen LogP contribution < -0.4 is 5.32 Å². The number of carbonyl (C=O) groups excluding carboxylic acids is 2. The van der Waals surface area contributed by atoms with Crippen molar-refractivity contribution in [2.45, 2.75) is 104 Å². The van der Waals surface area contributed by atoms with Crippen LogP contribution >= 0.6 is 0 Å². The van der Waals surface area contributed by atoms with Crippen LogP contribution in [0.3, 0.4) is 0 Å². The van der Waals surface area contributed by atoms with Crippen molar-refractivity contribution in [2.24, 2.45) is 47.3 Å². The number of allylic oxidation sites excluding steroid dienone is 3. The fourth-order valence-electron chi connectivity index (χ4n) is 9.00. The third kappa shape index (κ3) is 5.68. The van der Waals surface area contributed by atoms with Crippen LogP contribution in [0, 0.1) is 54.3 Å². The molecule has 3 fully saturated rings. The Bertz CT molecular complexity index is 1300. The molecule has 1 spiro atoms. The maximum absolute atomic E-state index is 14.2. The number of rotatable bonds is 5. The monoisotopic (exact) mass is 591 g/mol. The number of aromatic hydroxyl groups is 1. The van der Waals surface area contributed by atoms with E-state index >= 15 is 0 Å². The van der Waals surface area contributed by atoms with Gasteiger partial charge in [-0.3, -0.25) is 9.59 Å². The highest BCUT2D eigenvalue weighted by Gasteiger charge is 2.52. The molecule has 1 aromatic rings. The van der Waals surface area contributed by atoms with Crippen LogP contribution in [0.5, 0.6) is 5.75 Å². The van der Waals surface area contributed by atoms with Crippen LogP contribution in [-0.2, 0) is 19.1 Å². The van der Waals surface area contributed by atoms with Crippen molar-refractivity contribution in [1.29, 1.82) is 0 Å². The maximum Gasteiger partial charge on any atom is 0.232 e. The van der Waals surface area contributed by atoms with Gasteiger partial charge in [0, 0.05) is 18.3 Å². The molecular formula is C36H49NO6. The van der Waals surface area contributed by atoms with E-state index in [2.05, 4.69) is 51.2 Å². The molecule has 43 heavy (non-hydrogen) atoms. The SMILES string of the molecule is Cc1cc(O)cc([C@@H]2O[C@]3(CC[C@H]2C)O[C@@H](C[C@@H]2C=C[C@@H]4CC[C@@H](C)[C@H](C)[C@@H]4[C@H]2C(=O)C2=C(O)CC(=O)N2)CC[C@H]3C)c1. The number of phenols is 1. The van der Waals surface area contributed by atoms with Gasteiger partial charge in [-0.2, -0.15) is 0 Å². The average molecular weight is 592 g/mol. The molecule has 7 heteroatoms. The number of Topliss-reactive ketones (excluding diaryl/α,β-unsaturated/α-hetero) is 1. The van der Waals surface area contributed by atoms with Crippen LogP contribution in [0.4, 0.5) is 0 Å². The van der Waals surface area contributed by atoms with Crippen molar-refractivity contribution in [2.75, 3.05) is 0 Å². The second-order valence-corrected chi connectivity index (χ2v) is 14.6. The number of hydrogen-bond donors (Lipinski definition) is 3. The van der Waals surface area contributed by atoms with E-state index in [-0.39, 0.29) is 71.2 Å². The molecule has 11 atom stereocenters. The molecular weight excluding hydrogens is 542 g/mol. The largest absolute Gasteiger partial charge is 0.509 e. The zero-order chi connectivity index (χ0) is 30.6. The number of benzene rings is 1. The molecule has 1 amide bonds. The Morgan fingerprint density at radius 2 is 1.77 bits per heavy atom. The Labute approximate surface area is 256 Å². The molecule has 7 nitrogen and oxygen atoms in total. The quantitative estimate of drug-likeness (QED) is 0.317. The molecule has 2 aliphatic carbocycles. The molecule has 5 aliphatic rings. The van der Waals surface area contributed by atoms with Gasteiger partial charge in [-0.1, -0.05) is 45.9 Å². The van der Waals surface area contributed by atoms with Gasteiger partial charge in [-0.25, -0.2) is 0 Å². The highest BCUT2D eigenvalue weighted by Crippen LogP contribution is 2.53. The van der Waals surface area contributed by atoms with Crippen LogP contribution in [0.1, 0.15) is 96.3 Å². The molecule has 3 heterocycles. The molecule has 0 unspecified atom stereocenters. The van der Waals surface area contributed by atoms with E-state index in [4.69, 9.17) is 9.47 Å². The van der Waals surface area contributed by atoms with E-state index in [1.165, 1.54) is 0 Å². The van der Waals surface area contributed by atoms with Crippen LogP contribution in [-0.4, -0.2) is 33.8 Å². The maximum atomic E-state index is 14.2. The number of aliphatic hydroxyl groups excluding tert-OH is 1. The summed E-state index contributed by atoms with van der Waals surface area (Å²) in [4.78, 5) is 26.3. The number of aliphatic hydroxyl groups is 1. The zero-order valence-corrected chi connectivity index (χ0v) is 26.3. The highest BCUT2D eigenvalue weighted by atomic mass is 16.7. The first-order valence-electron chi connectivity index (χ1n) is 16.6. The summed E-state index contributed by atoms with van der Waals surface area (Å²) >= 11 is 0. The molecule has 0 bridgehead atoms. The van der Waals surface area contributed by atoms with Crippen LogP contribution in [0.25, 0.3) is 0 Å². The number of hydrogen-bond acceptors (Lipinski definition) is 6. The van der Waals surface area contributed by atoms with Crippen molar-refractivity contribution in [1.82, 2.24) is 5.32 Å². The summed E-state index contributed by atoms with van der Waals surface area (Å²) in [6.07, 6.45) is 10.7. The first-order chi connectivity index (χ1) is 20.5. The zero-order valence-electron chi connectivity index (χ0n) is 26.3. The van der Waals surface area contributed by atoms with Gasteiger partial charge in [0.25, 0.3) is 0 Å². The molecule has 0 radical (unpaired) electrons. The third-order valence-electron chi connectivity index (χ3n) is 11.6. The van der Waals surface area contributed by atoms with Gasteiger partial charge >= 0.3 is 0 Å². The van der Waals surface area contributed by atoms with Gasteiger partial charge in [-0.05, 0) is 104 Å². The minimum Gasteiger partial charge on any atom is -0.509 e. The van der Waals surface area contributed by atoms with Gasteiger partial charge in [0.15, 0.2) is 11.6 Å². The number of nitrogens with one attached hydrogen (secondary N) is 1. The first kappa shape index (κ1) is 30.4. The number of ketones is 1. The number of carbonyl (C=O) groups is 2. The number of phenolic OH excluding ortho intramolecular Hbond substituents is 1. The molecule has 234 valence electrons. The topological polar surface area (TPSA) is 105 Å². The van der Waals surface area contributed by atoms with Gasteiger partial charge in [0.1, 0.15) is 17.2 Å². The van der Waals surface area contributed by atoms with E-state index in [0.29, 0.717) is 30.1 Å². The Hall–Kier alpha value is -2.64. The normalized spacial score (nSPS) is 41.3. The summed E-state index contributed by atoms with van der Waals surface area (Å²) in [6, 6.07) is 5.68. The smallest absolute Gasteiger partial charge is 0.232 e. The minimum atomic E-state index is -0.716. The lowest BCUT2D eigenvalue weighted by molar-refractivity contribution is -0.348. The predicted molar refractivity (Wildman–Crippen MR) is 164 cm³/mol. The van der Waals surface area contributed by atoms with Crippen molar-refractivity contribution >= 4 is 11.7 Å². The van der Waals surface area contributed by atoms with Crippen molar-refractivity contribution in [3.63, 3.8) is 0 Å². The molecule has 0 aromatic heterocycles. The summed E-state index contributed by atoms with van der Waals surface area (Å²) in [5.74, 6) is 0.439.